The van der Waals surface area contributed by atoms with Gasteiger partial charge in [-0.15, -0.1) is 13.2 Å². The third-order valence-electron chi connectivity index (χ3n) is 4.78. The molecule has 7 nitrogen and oxygen atoms in total. The molecule has 3 heterocycles. The van der Waals surface area contributed by atoms with E-state index in [9.17, 15) is 22.8 Å². The summed E-state index contributed by atoms with van der Waals surface area (Å²) in [4.78, 5) is 30.4. The zero-order valence-corrected chi connectivity index (χ0v) is 17.3. The molecule has 0 bridgehead atoms. The van der Waals surface area contributed by atoms with Crippen molar-refractivity contribution in [2.45, 2.75) is 19.2 Å². The Balaban J connectivity index is 1.62. The van der Waals surface area contributed by atoms with Gasteiger partial charge in [0.05, 0.1) is 11.8 Å². The van der Waals surface area contributed by atoms with Crippen LogP contribution >= 0.6 is 11.3 Å². The Morgan fingerprint density at radius 1 is 1.12 bits per heavy atom. The zero-order chi connectivity index (χ0) is 22.7. The number of ether oxygens (including phenoxy) is 2. The molecule has 168 valence electrons. The van der Waals surface area contributed by atoms with Gasteiger partial charge in [0.1, 0.15) is 16.3 Å². The van der Waals surface area contributed by atoms with E-state index in [1.165, 1.54) is 24.5 Å². The van der Waals surface area contributed by atoms with E-state index in [-0.39, 0.29) is 28.1 Å². The largest absolute Gasteiger partial charge is 0.573 e. The molecule has 1 amide bonds. The summed E-state index contributed by atoms with van der Waals surface area (Å²) in [5.74, 6) is -1.53. The number of para-hydroxylation sites is 1. The number of nitrogens with one attached hydrogen (secondary N) is 1. The van der Waals surface area contributed by atoms with Gasteiger partial charge in [-0.1, -0.05) is 23.5 Å². The Labute approximate surface area is 184 Å². The quantitative estimate of drug-likeness (QED) is 0.505. The number of rotatable bonds is 6. The number of carbonyl (C=O) groups excluding carboxylic acids is 2. The molecule has 2 aromatic heterocycles. The monoisotopic (exact) mass is 466 g/mol. The van der Waals surface area contributed by atoms with Crippen molar-refractivity contribution in [3.63, 3.8) is 0 Å². The maximum absolute atomic E-state index is 13.1. The van der Waals surface area contributed by atoms with Gasteiger partial charge in [-0.2, -0.15) is 0 Å². The molecular formula is C21H17F3N2O5S. The average molecular weight is 466 g/mol. The molecule has 1 fully saturated rings. The Hall–Kier alpha value is -3.18. The number of benzene rings is 1. The van der Waals surface area contributed by atoms with E-state index in [2.05, 4.69) is 15.0 Å². The number of hydrogen-bond acceptors (Lipinski definition) is 7. The van der Waals surface area contributed by atoms with Crippen LogP contribution in [0.25, 0.3) is 11.5 Å². The smallest absolute Gasteiger partial charge is 0.463 e. The Bertz CT molecular complexity index is 1110. The Morgan fingerprint density at radius 2 is 1.88 bits per heavy atom. The highest BCUT2D eigenvalue weighted by molar-refractivity contribution is 7.18. The number of ketones is 1. The van der Waals surface area contributed by atoms with Gasteiger partial charge in [0.15, 0.2) is 16.7 Å². The Morgan fingerprint density at radius 3 is 2.56 bits per heavy atom. The van der Waals surface area contributed by atoms with E-state index in [4.69, 9.17) is 9.15 Å². The summed E-state index contributed by atoms with van der Waals surface area (Å²) in [5.41, 5.74) is -0.0523. The molecule has 4 rings (SSSR count). The van der Waals surface area contributed by atoms with Gasteiger partial charge in [0.25, 0.3) is 5.91 Å². The average Bonchev–Trinajstić information content (AvgIpc) is 3.43. The van der Waals surface area contributed by atoms with Gasteiger partial charge >= 0.3 is 6.36 Å². The first-order valence-corrected chi connectivity index (χ1v) is 10.5. The summed E-state index contributed by atoms with van der Waals surface area (Å²) in [6, 6.07) is 8.24. The molecule has 11 heteroatoms. The lowest BCUT2D eigenvalue weighted by Gasteiger charge is -2.20. The maximum atomic E-state index is 13.1. The van der Waals surface area contributed by atoms with Crippen molar-refractivity contribution in [2.75, 3.05) is 18.5 Å². The highest BCUT2D eigenvalue weighted by atomic mass is 32.1. The van der Waals surface area contributed by atoms with Crippen molar-refractivity contribution in [3.8, 4) is 17.2 Å². The van der Waals surface area contributed by atoms with Crippen LogP contribution in [0.15, 0.2) is 47.1 Å². The molecule has 1 saturated heterocycles. The summed E-state index contributed by atoms with van der Waals surface area (Å²) < 4.78 is 52.6. The summed E-state index contributed by atoms with van der Waals surface area (Å²) in [6.07, 6.45) is -2.38. The van der Waals surface area contributed by atoms with Crippen molar-refractivity contribution in [1.29, 1.82) is 0 Å². The second-order valence-corrected chi connectivity index (χ2v) is 7.92. The van der Waals surface area contributed by atoms with E-state index in [1.807, 2.05) is 0 Å². The first-order chi connectivity index (χ1) is 15.3. The van der Waals surface area contributed by atoms with Crippen molar-refractivity contribution in [1.82, 2.24) is 4.98 Å². The molecule has 0 aliphatic carbocycles. The van der Waals surface area contributed by atoms with Crippen LogP contribution in [0, 0.1) is 5.92 Å². The van der Waals surface area contributed by atoms with Gasteiger partial charge < -0.3 is 13.9 Å². The van der Waals surface area contributed by atoms with Gasteiger partial charge in [-0.25, -0.2) is 4.98 Å². The van der Waals surface area contributed by atoms with Crippen LogP contribution in [0.2, 0.25) is 0 Å². The van der Waals surface area contributed by atoms with Gasteiger partial charge in [-0.05, 0) is 37.1 Å². The molecule has 0 radical (unpaired) electrons. The molecule has 0 saturated carbocycles. The van der Waals surface area contributed by atoms with Crippen LogP contribution < -0.4 is 10.1 Å². The minimum Gasteiger partial charge on any atom is -0.463 e. The molecule has 1 aliphatic rings. The van der Waals surface area contributed by atoms with E-state index >= 15 is 0 Å². The highest BCUT2D eigenvalue weighted by Gasteiger charge is 2.33. The van der Waals surface area contributed by atoms with Crippen LogP contribution in [0.4, 0.5) is 18.3 Å². The summed E-state index contributed by atoms with van der Waals surface area (Å²) >= 11 is 0.945. The van der Waals surface area contributed by atoms with Crippen molar-refractivity contribution < 1.29 is 36.7 Å². The number of hydrogen-bond donors (Lipinski definition) is 1. The van der Waals surface area contributed by atoms with Gasteiger partial charge in [0, 0.05) is 19.1 Å². The molecule has 0 spiro atoms. The number of carbonyl (C=O) groups is 2. The number of Topliss-reactive ketones (excluding diaryl/α,β-unsaturated/α-hetero) is 1. The predicted molar refractivity (Wildman–Crippen MR) is 109 cm³/mol. The normalized spacial score (nSPS) is 14.8. The Kier molecular flexibility index (Phi) is 6.28. The van der Waals surface area contributed by atoms with E-state index in [0.717, 1.165) is 17.4 Å². The molecule has 1 aliphatic heterocycles. The number of alkyl halides is 3. The summed E-state index contributed by atoms with van der Waals surface area (Å²) in [6.45, 7) is 0.954. The molecular weight excluding hydrogens is 449 g/mol. The van der Waals surface area contributed by atoms with Gasteiger partial charge in [0.2, 0.25) is 0 Å². The minimum absolute atomic E-state index is 0.0543. The zero-order valence-electron chi connectivity index (χ0n) is 16.5. The molecule has 1 N–H and O–H groups in total. The molecule has 0 unspecified atom stereocenters. The van der Waals surface area contributed by atoms with Crippen molar-refractivity contribution >= 4 is 28.2 Å². The van der Waals surface area contributed by atoms with Crippen LogP contribution in [0.5, 0.6) is 5.75 Å². The fourth-order valence-electron chi connectivity index (χ4n) is 3.30. The maximum Gasteiger partial charge on any atom is 0.573 e. The van der Waals surface area contributed by atoms with Crippen LogP contribution in [0.3, 0.4) is 0 Å². The fraction of sp³-hybridized carbons (Fsp3) is 0.286. The third kappa shape index (κ3) is 5.00. The lowest BCUT2D eigenvalue weighted by Crippen LogP contribution is -2.23. The van der Waals surface area contributed by atoms with E-state index < -0.39 is 18.0 Å². The fourth-order valence-corrected chi connectivity index (χ4v) is 4.28. The van der Waals surface area contributed by atoms with E-state index in [1.54, 1.807) is 12.1 Å². The summed E-state index contributed by atoms with van der Waals surface area (Å²) in [5, 5.41) is 2.52. The van der Waals surface area contributed by atoms with E-state index in [0.29, 0.717) is 36.7 Å². The number of amides is 1. The van der Waals surface area contributed by atoms with Gasteiger partial charge in [-0.3, -0.25) is 14.9 Å². The minimum atomic E-state index is -4.95. The van der Waals surface area contributed by atoms with Crippen molar-refractivity contribution in [3.05, 3.63) is 53.1 Å². The number of thiazole rings is 1. The third-order valence-corrected chi connectivity index (χ3v) is 5.76. The van der Waals surface area contributed by atoms with Crippen LogP contribution in [-0.2, 0) is 4.74 Å². The predicted octanol–water partition coefficient (Wildman–Crippen LogP) is 5.16. The molecule has 32 heavy (non-hydrogen) atoms. The molecule has 3 aromatic rings. The number of furan rings is 1. The highest BCUT2D eigenvalue weighted by Crippen LogP contribution is 2.35. The molecule has 1 aromatic carbocycles. The summed E-state index contributed by atoms with van der Waals surface area (Å²) in [7, 11) is 0. The molecule has 0 atom stereocenters. The van der Waals surface area contributed by atoms with Crippen LogP contribution in [-0.4, -0.2) is 36.3 Å². The first-order valence-electron chi connectivity index (χ1n) is 9.64. The first kappa shape index (κ1) is 22.0. The second-order valence-electron chi connectivity index (χ2n) is 6.92. The topological polar surface area (TPSA) is 90.7 Å². The second kappa shape index (κ2) is 9.13. The number of anilines is 1. The lowest BCUT2D eigenvalue weighted by atomic mass is 9.94. The lowest BCUT2D eigenvalue weighted by molar-refractivity contribution is -0.274. The SMILES string of the molecule is O=C(Nc1nc(-c2ccco2)c(C(=O)C2CCOCC2)s1)c1ccccc1OC(F)(F)F. The number of nitrogens with zero attached hydrogens (tertiary/aromatic N) is 1. The van der Waals surface area contributed by atoms with Crippen LogP contribution in [0.1, 0.15) is 32.9 Å². The van der Waals surface area contributed by atoms with Crippen molar-refractivity contribution in [2.24, 2.45) is 5.92 Å². The number of aromatic nitrogens is 1. The number of halogens is 3. The standard InChI is InChI=1S/C21H17F3N2O5S/c22-21(23,24)31-14-5-2-1-4-13(14)19(28)26-20-25-16(15-6-3-9-30-15)18(32-20)17(27)12-7-10-29-11-8-12/h1-6,9,12H,7-8,10-11H2,(H,25,26,28).